The Balaban J connectivity index is 1.63. The SMILES string of the molecule is CCOc1cccn2c(C(=O)Nc3nc(-c4ccc(OC)cc4)c(C)s3)c(C)nc12. The zero-order valence-electron chi connectivity index (χ0n) is 17.2. The molecule has 1 amide bonds. The van der Waals surface area contributed by atoms with Gasteiger partial charge in [0.1, 0.15) is 11.4 Å². The third kappa shape index (κ3) is 3.61. The molecule has 0 bridgehead atoms. The van der Waals surface area contributed by atoms with Crippen molar-refractivity contribution in [2.24, 2.45) is 0 Å². The summed E-state index contributed by atoms with van der Waals surface area (Å²) >= 11 is 1.44. The highest BCUT2D eigenvalue weighted by atomic mass is 32.1. The third-order valence-corrected chi connectivity index (χ3v) is 5.57. The lowest BCUT2D eigenvalue weighted by atomic mass is 10.1. The number of benzene rings is 1. The lowest BCUT2D eigenvalue weighted by Gasteiger charge is -2.06. The largest absolute Gasteiger partial charge is 0.497 e. The van der Waals surface area contributed by atoms with Gasteiger partial charge >= 0.3 is 0 Å². The number of anilines is 1. The first kappa shape index (κ1) is 19.9. The lowest BCUT2D eigenvalue weighted by Crippen LogP contribution is -2.15. The number of rotatable bonds is 6. The van der Waals surface area contributed by atoms with E-state index in [9.17, 15) is 4.79 Å². The molecule has 1 aromatic carbocycles. The van der Waals surface area contributed by atoms with Gasteiger partial charge in [-0.25, -0.2) is 9.97 Å². The average Bonchev–Trinajstić information content (AvgIpc) is 3.27. The Bertz CT molecular complexity index is 1210. The number of carbonyl (C=O) groups is 1. The average molecular weight is 423 g/mol. The van der Waals surface area contributed by atoms with Crippen LogP contribution in [-0.2, 0) is 0 Å². The van der Waals surface area contributed by atoms with E-state index in [4.69, 9.17) is 9.47 Å². The van der Waals surface area contributed by atoms with Gasteiger partial charge in [0.05, 0.1) is 25.1 Å². The molecule has 4 aromatic rings. The third-order valence-electron chi connectivity index (χ3n) is 4.68. The summed E-state index contributed by atoms with van der Waals surface area (Å²) in [7, 11) is 1.64. The Hall–Kier alpha value is -3.39. The molecule has 4 rings (SSSR count). The van der Waals surface area contributed by atoms with E-state index in [0.29, 0.717) is 34.5 Å². The molecule has 0 spiro atoms. The molecule has 0 aliphatic carbocycles. The number of nitrogens with zero attached hydrogens (tertiary/aromatic N) is 3. The van der Waals surface area contributed by atoms with Crippen molar-refractivity contribution >= 4 is 28.0 Å². The summed E-state index contributed by atoms with van der Waals surface area (Å²) in [6.45, 7) is 6.24. The second-order valence-electron chi connectivity index (χ2n) is 6.65. The highest BCUT2D eigenvalue weighted by Crippen LogP contribution is 2.32. The summed E-state index contributed by atoms with van der Waals surface area (Å²) < 4.78 is 12.6. The first-order valence-corrected chi connectivity index (χ1v) is 10.4. The molecule has 3 aromatic heterocycles. The minimum Gasteiger partial charge on any atom is -0.497 e. The monoisotopic (exact) mass is 422 g/mol. The standard InChI is InChI=1S/C22H22N4O3S/c1-5-29-17-7-6-12-26-19(13(2)23-20(17)26)21(27)25-22-24-18(14(3)30-22)15-8-10-16(28-4)11-9-15/h6-12H,5H2,1-4H3,(H,24,25,27). The molecule has 0 saturated heterocycles. The van der Waals surface area contributed by atoms with Crippen LogP contribution in [0.15, 0.2) is 42.6 Å². The van der Waals surface area contributed by atoms with E-state index in [1.807, 2.05) is 63.4 Å². The molecule has 1 N–H and O–H groups in total. The molecule has 0 atom stereocenters. The molecule has 0 saturated carbocycles. The molecule has 3 heterocycles. The van der Waals surface area contributed by atoms with Crippen LogP contribution < -0.4 is 14.8 Å². The molecule has 0 radical (unpaired) electrons. The second-order valence-corrected chi connectivity index (χ2v) is 7.85. The summed E-state index contributed by atoms with van der Waals surface area (Å²) in [5.41, 5.74) is 3.52. The zero-order valence-corrected chi connectivity index (χ0v) is 18.0. The van der Waals surface area contributed by atoms with E-state index in [1.54, 1.807) is 11.5 Å². The molecule has 0 aliphatic heterocycles. The van der Waals surface area contributed by atoms with Crippen molar-refractivity contribution in [3.05, 3.63) is 58.9 Å². The fourth-order valence-electron chi connectivity index (χ4n) is 3.32. The summed E-state index contributed by atoms with van der Waals surface area (Å²) in [4.78, 5) is 23.2. The quantitative estimate of drug-likeness (QED) is 0.486. The van der Waals surface area contributed by atoms with E-state index < -0.39 is 0 Å². The number of aromatic nitrogens is 3. The van der Waals surface area contributed by atoms with Crippen molar-refractivity contribution in [2.75, 3.05) is 19.0 Å². The summed E-state index contributed by atoms with van der Waals surface area (Å²) in [5.74, 6) is 1.17. The molecule has 7 nitrogen and oxygen atoms in total. The predicted molar refractivity (Wildman–Crippen MR) is 118 cm³/mol. The minimum absolute atomic E-state index is 0.260. The second kappa shape index (κ2) is 8.16. The highest BCUT2D eigenvalue weighted by Gasteiger charge is 2.20. The molecule has 8 heteroatoms. The number of methoxy groups -OCH3 is 1. The van der Waals surface area contributed by atoms with E-state index >= 15 is 0 Å². The molecule has 0 unspecified atom stereocenters. The number of nitrogens with one attached hydrogen (secondary N) is 1. The molecule has 0 aliphatic rings. The number of hydrogen-bond donors (Lipinski definition) is 1. The van der Waals surface area contributed by atoms with Gasteiger partial charge < -0.3 is 9.47 Å². The molecule has 30 heavy (non-hydrogen) atoms. The van der Waals surface area contributed by atoms with Crippen molar-refractivity contribution in [3.63, 3.8) is 0 Å². The van der Waals surface area contributed by atoms with Gasteiger partial charge in [0.15, 0.2) is 16.5 Å². The van der Waals surface area contributed by atoms with Crippen LogP contribution in [0.3, 0.4) is 0 Å². The van der Waals surface area contributed by atoms with Gasteiger partial charge in [0.2, 0.25) is 0 Å². The topological polar surface area (TPSA) is 77.8 Å². The maximum absolute atomic E-state index is 13.1. The van der Waals surface area contributed by atoms with E-state index in [2.05, 4.69) is 15.3 Å². The number of thiazole rings is 1. The summed E-state index contributed by atoms with van der Waals surface area (Å²) in [6.07, 6.45) is 1.81. The fraction of sp³-hybridized carbons (Fsp3) is 0.227. The van der Waals surface area contributed by atoms with Crippen LogP contribution in [0.5, 0.6) is 11.5 Å². The van der Waals surface area contributed by atoms with E-state index in [1.165, 1.54) is 11.3 Å². The van der Waals surface area contributed by atoms with Gasteiger partial charge in [-0.3, -0.25) is 14.5 Å². The number of ether oxygens (including phenoxy) is 2. The first-order chi connectivity index (χ1) is 14.5. The number of hydrogen-bond acceptors (Lipinski definition) is 6. The van der Waals surface area contributed by atoms with Gasteiger partial charge in [-0.2, -0.15) is 0 Å². The number of imidazole rings is 1. The normalized spacial score (nSPS) is 10.9. The number of carbonyl (C=O) groups excluding carboxylic acids is 1. The van der Waals surface area contributed by atoms with Crippen molar-refractivity contribution in [3.8, 4) is 22.8 Å². The van der Waals surface area contributed by atoms with Gasteiger partial charge in [0.25, 0.3) is 5.91 Å². The molecule has 154 valence electrons. The Morgan fingerprint density at radius 3 is 2.63 bits per heavy atom. The van der Waals surface area contributed by atoms with E-state index in [0.717, 1.165) is 21.9 Å². The maximum Gasteiger partial charge on any atom is 0.276 e. The number of pyridine rings is 1. The van der Waals surface area contributed by atoms with Crippen LogP contribution in [0.4, 0.5) is 5.13 Å². The molecular weight excluding hydrogens is 400 g/mol. The zero-order chi connectivity index (χ0) is 21.3. The number of amides is 1. The smallest absolute Gasteiger partial charge is 0.276 e. The van der Waals surface area contributed by atoms with Crippen LogP contribution >= 0.6 is 11.3 Å². The van der Waals surface area contributed by atoms with Crippen LogP contribution in [0.1, 0.15) is 28.0 Å². The highest BCUT2D eigenvalue weighted by molar-refractivity contribution is 7.16. The Labute approximate surface area is 178 Å². The molecule has 0 fully saturated rings. The predicted octanol–water partition coefficient (Wildman–Crippen LogP) is 4.73. The van der Waals surface area contributed by atoms with Gasteiger partial charge in [-0.1, -0.05) is 0 Å². The van der Waals surface area contributed by atoms with Crippen LogP contribution in [-0.4, -0.2) is 34.0 Å². The fourth-order valence-corrected chi connectivity index (χ4v) is 4.15. The van der Waals surface area contributed by atoms with Crippen molar-refractivity contribution in [1.82, 2.24) is 14.4 Å². The van der Waals surface area contributed by atoms with Gasteiger partial charge in [-0.05, 0) is 57.2 Å². The van der Waals surface area contributed by atoms with Crippen LogP contribution in [0.2, 0.25) is 0 Å². The van der Waals surface area contributed by atoms with Gasteiger partial charge in [0, 0.05) is 16.6 Å². The summed E-state index contributed by atoms with van der Waals surface area (Å²) in [6, 6.07) is 11.4. The lowest BCUT2D eigenvalue weighted by molar-refractivity contribution is 0.102. The number of aryl methyl sites for hydroxylation is 2. The Morgan fingerprint density at radius 1 is 1.17 bits per heavy atom. The first-order valence-electron chi connectivity index (χ1n) is 9.55. The van der Waals surface area contributed by atoms with Crippen molar-refractivity contribution in [2.45, 2.75) is 20.8 Å². The summed E-state index contributed by atoms with van der Waals surface area (Å²) in [5, 5.41) is 3.46. The molecular formula is C22H22N4O3S. The number of fused-ring (bicyclic) bond motifs is 1. The van der Waals surface area contributed by atoms with E-state index in [-0.39, 0.29) is 5.91 Å². The minimum atomic E-state index is -0.260. The Morgan fingerprint density at radius 2 is 1.93 bits per heavy atom. The van der Waals surface area contributed by atoms with Gasteiger partial charge in [-0.15, -0.1) is 11.3 Å². The Kier molecular flexibility index (Phi) is 5.41. The van der Waals surface area contributed by atoms with Crippen LogP contribution in [0, 0.1) is 13.8 Å². The van der Waals surface area contributed by atoms with Crippen molar-refractivity contribution in [1.29, 1.82) is 0 Å². The van der Waals surface area contributed by atoms with Crippen molar-refractivity contribution < 1.29 is 14.3 Å². The van der Waals surface area contributed by atoms with Crippen LogP contribution in [0.25, 0.3) is 16.9 Å². The maximum atomic E-state index is 13.1.